The first-order valence-electron chi connectivity index (χ1n) is 8.73. The molecule has 2 heterocycles. The van der Waals surface area contributed by atoms with Gasteiger partial charge in [-0.05, 0) is 36.6 Å². The lowest BCUT2D eigenvalue weighted by Gasteiger charge is -2.23. The minimum atomic E-state index is -4.41. The van der Waals surface area contributed by atoms with E-state index in [4.69, 9.17) is 0 Å². The smallest absolute Gasteiger partial charge is 0.333 e. The number of nitrogens with zero attached hydrogens (tertiary/aromatic N) is 2. The van der Waals surface area contributed by atoms with Crippen molar-refractivity contribution in [2.45, 2.75) is 31.5 Å². The number of hydrogen-bond acceptors (Lipinski definition) is 3. The predicted octanol–water partition coefficient (Wildman–Crippen LogP) is 5.22. The number of thiazole rings is 1. The van der Waals surface area contributed by atoms with Crippen molar-refractivity contribution in [2.24, 2.45) is 0 Å². The van der Waals surface area contributed by atoms with Crippen molar-refractivity contribution < 1.29 is 18.0 Å². The molecule has 3 aromatic rings. The van der Waals surface area contributed by atoms with Crippen LogP contribution in [0.15, 0.2) is 48.5 Å². The molecule has 2 aromatic carbocycles. The van der Waals surface area contributed by atoms with Crippen LogP contribution in [0.2, 0.25) is 0 Å². The Bertz CT molecular complexity index is 950. The fraction of sp³-hybridized carbons (Fsp3) is 0.300. The molecule has 1 aliphatic heterocycles. The van der Waals surface area contributed by atoms with E-state index in [1.807, 2.05) is 24.3 Å². The van der Waals surface area contributed by atoms with Gasteiger partial charge in [0.1, 0.15) is 5.01 Å². The number of amides is 1. The van der Waals surface area contributed by atoms with Crippen LogP contribution in [0.3, 0.4) is 0 Å². The van der Waals surface area contributed by atoms with E-state index in [0.717, 1.165) is 40.2 Å². The van der Waals surface area contributed by atoms with E-state index < -0.39 is 11.7 Å². The third-order valence-corrected chi connectivity index (χ3v) is 5.92. The zero-order chi connectivity index (χ0) is 19.0. The average Bonchev–Trinajstić information content (AvgIpc) is 3.27. The lowest BCUT2D eigenvalue weighted by molar-refractivity contribution is -0.138. The highest BCUT2D eigenvalue weighted by Gasteiger charge is 2.33. The number of aromatic nitrogens is 1. The average molecular weight is 390 g/mol. The van der Waals surface area contributed by atoms with Gasteiger partial charge in [0.25, 0.3) is 0 Å². The second kappa shape index (κ2) is 6.96. The molecule has 1 unspecified atom stereocenters. The summed E-state index contributed by atoms with van der Waals surface area (Å²) in [6, 6.07) is 12.7. The number of hydrogen-bond donors (Lipinski definition) is 0. The summed E-state index contributed by atoms with van der Waals surface area (Å²) < 4.78 is 39.7. The molecule has 27 heavy (non-hydrogen) atoms. The van der Waals surface area contributed by atoms with Crippen molar-refractivity contribution in [2.75, 3.05) is 6.54 Å². The van der Waals surface area contributed by atoms with Crippen LogP contribution in [0.25, 0.3) is 10.2 Å². The van der Waals surface area contributed by atoms with Crippen LogP contribution in [0.1, 0.15) is 35.0 Å². The minimum Gasteiger partial charge on any atom is -0.333 e. The van der Waals surface area contributed by atoms with Crippen molar-refractivity contribution in [3.05, 3.63) is 64.7 Å². The first-order valence-corrected chi connectivity index (χ1v) is 9.54. The summed E-state index contributed by atoms with van der Waals surface area (Å²) >= 11 is 1.57. The number of halogens is 3. The molecular formula is C20H17F3N2OS. The van der Waals surface area contributed by atoms with Crippen LogP contribution in [-0.2, 0) is 17.4 Å². The molecular weight excluding hydrogens is 373 g/mol. The summed E-state index contributed by atoms with van der Waals surface area (Å²) in [5.74, 6) is -0.156. The molecule has 0 saturated carbocycles. The van der Waals surface area contributed by atoms with E-state index in [2.05, 4.69) is 4.98 Å². The maximum Gasteiger partial charge on any atom is 0.416 e. The van der Waals surface area contributed by atoms with E-state index in [1.165, 1.54) is 6.07 Å². The molecule has 140 valence electrons. The standard InChI is InChI=1S/C20H17F3N2OS/c21-20(22,23)14-6-3-5-13(11-14)12-18(26)25-10-4-8-16(25)19-24-15-7-1-2-9-17(15)27-19/h1-3,5-7,9,11,16H,4,8,10,12H2. The number of likely N-dealkylation sites (tertiary alicyclic amines) is 1. The van der Waals surface area contributed by atoms with Crippen molar-refractivity contribution in [3.63, 3.8) is 0 Å². The summed E-state index contributed by atoms with van der Waals surface area (Å²) in [6.45, 7) is 0.610. The fourth-order valence-electron chi connectivity index (χ4n) is 3.49. The van der Waals surface area contributed by atoms with E-state index in [-0.39, 0.29) is 18.4 Å². The first kappa shape index (κ1) is 18.0. The summed E-state index contributed by atoms with van der Waals surface area (Å²) in [5, 5.41) is 0.895. The van der Waals surface area contributed by atoms with E-state index >= 15 is 0 Å². The predicted molar refractivity (Wildman–Crippen MR) is 98.5 cm³/mol. The molecule has 1 fully saturated rings. The minimum absolute atomic E-state index is 0.0364. The summed E-state index contributed by atoms with van der Waals surface area (Å²) in [6.07, 6.45) is -2.75. The zero-order valence-electron chi connectivity index (χ0n) is 14.4. The van der Waals surface area contributed by atoms with Gasteiger partial charge in [-0.1, -0.05) is 30.3 Å². The molecule has 3 nitrogen and oxygen atoms in total. The molecule has 0 N–H and O–H groups in total. The topological polar surface area (TPSA) is 33.2 Å². The van der Waals surface area contributed by atoms with Crippen molar-refractivity contribution in [3.8, 4) is 0 Å². The Morgan fingerprint density at radius 3 is 2.78 bits per heavy atom. The molecule has 4 rings (SSSR count). The van der Waals surface area contributed by atoms with Crippen LogP contribution >= 0.6 is 11.3 Å². The lowest BCUT2D eigenvalue weighted by atomic mass is 10.1. The third-order valence-electron chi connectivity index (χ3n) is 4.78. The van der Waals surface area contributed by atoms with Crippen molar-refractivity contribution >= 4 is 27.5 Å². The Morgan fingerprint density at radius 1 is 1.19 bits per heavy atom. The number of para-hydroxylation sites is 1. The van der Waals surface area contributed by atoms with Crippen LogP contribution in [-0.4, -0.2) is 22.3 Å². The highest BCUT2D eigenvalue weighted by molar-refractivity contribution is 7.18. The van der Waals surface area contributed by atoms with Gasteiger partial charge >= 0.3 is 6.18 Å². The largest absolute Gasteiger partial charge is 0.416 e. The molecule has 0 spiro atoms. The number of alkyl halides is 3. The summed E-state index contributed by atoms with van der Waals surface area (Å²) in [7, 11) is 0. The Kier molecular flexibility index (Phi) is 4.63. The van der Waals surface area contributed by atoms with E-state index in [1.54, 1.807) is 22.3 Å². The van der Waals surface area contributed by atoms with Crippen LogP contribution in [0.4, 0.5) is 13.2 Å². The molecule has 1 saturated heterocycles. The number of rotatable bonds is 3. The number of carbonyl (C=O) groups is 1. The molecule has 0 aliphatic carbocycles. The van der Waals surface area contributed by atoms with Gasteiger partial charge in [-0.3, -0.25) is 4.79 Å². The van der Waals surface area contributed by atoms with Gasteiger partial charge in [0.2, 0.25) is 5.91 Å². The lowest BCUT2D eigenvalue weighted by Crippen LogP contribution is -2.31. The van der Waals surface area contributed by atoms with E-state index in [9.17, 15) is 18.0 Å². The summed E-state index contributed by atoms with van der Waals surface area (Å²) in [4.78, 5) is 19.2. The Balaban J connectivity index is 1.54. The SMILES string of the molecule is O=C(Cc1cccc(C(F)(F)F)c1)N1CCCC1c1nc2ccccc2s1. The maximum absolute atomic E-state index is 12.9. The Morgan fingerprint density at radius 2 is 2.00 bits per heavy atom. The molecule has 1 aliphatic rings. The monoisotopic (exact) mass is 390 g/mol. The molecule has 1 atom stereocenters. The highest BCUT2D eigenvalue weighted by atomic mass is 32.1. The maximum atomic E-state index is 12.9. The Hall–Kier alpha value is -2.41. The van der Waals surface area contributed by atoms with Crippen LogP contribution in [0.5, 0.6) is 0 Å². The number of benzene rings is 2. The second-order valence-electron chi connectivity index (χ2n) is 6.64. The van der Waals surface area contributed by atoms with Gasteiger partial charge in [-0.2, -0.15) is 13.2 Å². The van der Waals surface area contributed by atoms with E-state index in [0.29, 0.717) is 12.1 Å². The van der Waals surface area contributed by atoms with Gasteiger partial charge < -0.3 is 4.90 Å². The third kappa shape index (κ3) is 3.69. The number of fused-ring (bicyclic) bond motifs is 1. The Labute approximate surface area is 158 Å². The second-order valence-corrected chi connectivity index (χ2v) is 7.70. The number of carbonyl (C=O) groups excluding carboxylic acids is 1. The summed E-state index contributed by atoms with van der Waals surface area (Å²) in [5.41, 5.74) is 0.566. The van der Waals surface area contributed by atoms with Gasteiger partial charge in [0, 0.05) is 6.54 Å². The highest BCUT2D eigenvalue weighted by Crippen LogP contribution is 2.37. The van der Waals surface area contributed by atoms with Gasteiger partial charge in [-0.25, -0.2) is 4.98 Å². The zero-order valence-corrected chi connectivity index (χ0v) is 15.2. The van der Waals surface area contributed by atoms with Gasteiger partial charge in [0.15, 0.2) is 0 Å². The van der Waals surface area contributed by atoms with Crippen LogP contribution < -0.4 is 0 Å². The van der Waals surface area contributed by atoms with Gasteiger partial charge in [0.05, 0.1) is 28.2 Å². The first-order chi connectivity index (χ1) is 12.9. The quantitative estimate of drug-likeness (QED) is 0.614. The van der Waals surface area contributed by atoms with Crippen molar-refractivity contribution in [1.29, 1.82) is 0 Å². The van der Waals surface area contributed by atoms with Crippen molar-refractivity contribution in [1.82, 2.24) is 9.88 Å². The van der Waals surface area contributed by atoms with Gasteiger partial charge in [-0.15, -0.1) is 11.3 Å². The normalized spacial score (nSPS) is 17.6. The molecule has 0 radical (unpaired) electrons. The molecule has 1 aromatic heterocycles. The molecule has 1 amide bonds. The van der Waals surface area contributed by atoms with Crippen LogP contribution in [0, 0.1) is 0 Å². The molecule has 7 heteroatoms. The fourth-order valence-corrected chi connectivity index (χ4v) is 4.60. The molecule has 0 bridgehead atoms.